The molecule has 1 atom stereocenters. The fraction of sp³-hybridized carbons (Fsp3) is 0.917. The Morgan fingerprint density at radius 2 is 1.67 bits per heavy atom. The smallest absolute Gasteiger partial charge is 0.305 e. The van der Waals surface area contributed by atoms with Gasteiger partial charge in [0.05, 0.1) is 7.11 Å². The van der Waals surface area contributed by atoms with E-state index < -0.39 is 0 Å². The molecule has 0 aromatic heterocycles. The van der Waals surface area contributed by atoms with Crippen molar-refractivity contribution in [3.8, 4) is 0 Å². The Morgan fingerprint density at radius 3 is 2.20 bits per heavy atom. The van der Waals surface area contributed by atoms with E-state index in [4.69, 9.17) is 11.6 Å². The zero-order chi connectivity index (χ0) is 11.5. The molecule has 0 N–H and O–H groups in total. The SMILES string of the molecule is COC(=O)CCCCCCCCC(C)Cl. The molecule has 3 heteroatoms. The van der Waals surface area contributed by atoms with Crippen LogP contribution in [-0.2, 0) is 9.53 Å². The quantitative estimate of drug-likeness (QED) is 0.344. The van der Waals surface area contributed by atoms with Gasteiger partial charge in [-0.1, -0.05) is 32.1 Å². The van der Waals surface area contributed by atoms with Crippen LogP contribution in [0.3, 0.4) is 0 Å². The minimum Gasteiger partial charge on any atom is -0.469 e. The van der Waals surface area contributed by atoms with Crippen molar-refractivity contribution in [2.75, 3.05) is 7.11 Å². The number of rotatable bonds is 9. The Morgan fingerprint density at radius 1 is 1.13 bits per heavy atom. The number of methoxy groups -OCH3 is 1. The number of carbonyl (C=O) groups excluding carboxylic acids is 1. The maximum absolute atomic E-state index is 10.8. The van der Waals surface area contributed by atoms with E-state index in [1.165, 1.54) is 32.8 Å². The molecule has 0 radical (unpaired) electrons. The highest BCUT2D eigenvalue weighted by atomic mass is 35.5. The molecule has 0 aliphatic carbocycles. The average Bonchev–Trinajstić information content (AvgIpc) is 2.21. The Balaban J connectivity index is 3.02. The van der Waals surface area contributed by atoms with E-state index in [0.29, 0.717) is 11.8 Å². The number of hydrogen-bond acceptors (Lipinski definition) is 2. The molecule has 0 aromatic rings. The van der Waals surface area contributed by atoms with Gasteiger partial charge < -0.3 is 4.74 Å². The highest BCUT2D eigenvalue weighted by molar-refractivity contribution is 6.20. The lowest BCUT2D eigenvalue weighted by molar-refractivity contribution is -0.140. The fourth-order valence-corrected chi connectivity index (χ4v) is 1.66. The van der Waals surface area contributed by atoms with Crippen LogP contribution in [0.15, 0.2) is 0 Å². The van der Waals surface area contributed by atoms with Gasteiger partial charge in [0, 0.05) is 11.8 Å². The first kappa shape index (κ1) is 14.8. The summed E-state index contributed by atoms with van der Waals surface area (Å²) < 4.78 is 4.57. The van der Waals surface area contributed by atoms with Crippen LogP contribution < -0.4 is 0 Å². The van der Waals surface area contributed by atoms with Crippen LogP contribution >= 0.6 is 11.6 Å². The molecule has 1 unspecified atom stereocenters. The zero-order valence-corrected chi connectivity index (χ0v) is 10.7. The lowest BCUT2D eigenvalue weighted by Crippen LogP contribution is -1.99. The normalized spacial score (nSPS) is 12.5. The van der Waals surface area contributed by atoms with E-state index in [0.717, 1.165) is 19.3 Å². The highest BCUT2D eigenvalue weighted by Crippen LogP contribution is 2.11. The van der Waals surface area contributed by atoms with Crippen LogP contribution in [0.4, 0.5) is 0 Å². The van der Waals surface area contributed by atoms with E-state index in [1.54, 1.807) is 0 Å². The van der Waals surface area contributed by atoms with Crippen molar-refractivity contribution < 1.29 is 9.53 Å². The summed E-state index contributed by atoms with van der Waals surface area (Å²) in [6, 6.07) is 0. The van der Waals surface area contributed by atoms with Crippen molar-refractivity contribution in [2.45, 2.75) is 63.7 Å². The van der Waals surface area contributed by atoms with Crippen LogP contribution in [0.5, 0.6) is 0 Å². The second-order valence-electron chi connectivity index (χ2n) is 4.02. The van der Waals surface area contributed by atoms with Gasteiger partial charge in [0.25, 0.3) is 0 Å². The first-order valence-electron chi connectivity index (χ1n) is 5.87. The highest BCUT2D eigenvalue weighted by Gasteiger charge is 1.99. The van der Waals surface area contributed by atoms with Crippen molar-refractivity contribution in [3.63, 3.8) is 0 Å². The van der Waals surface area contributed by atoms with Gasteiger partial charge in [0.1, 0.15) is 0 Å². The number of carbonyl (C=O) groups is 1. The molecule has 0 rings (SSSR count). The lowest BCUT2D eigenvalue weighted by Gasteiger charge is -2.03. The van der Waals surface area contributed by atoms with Gasteiger partial charge in [0.2, 0.25) is 0 Å². The monoisotopic (exact) mass is 234 g/mol. The van der Waals surface area contributed by atoms with E-state index in [2.05, 4.69) is 4.74 Å². The number of halogens is 1. The third-order valence-corrected chi connectivity index (χ3v) is 2.68. The molecule has 0 amide bonds. The van der Waals surface area contributed by atoms with E-state index in [1.807, 2.05) is 6.92 Å². The Hall–Kier alpha value is -0.240. The Kier molecular flexibility index (Phi) is 10.1. The van der Waals surface area contributed by atoms with Crippen LogP contribution in [0.25, 0.3) is 0 Å². The molecule has 0 saturated heterocycles. The first-order chi connectivity index (χ1) is 7.16. The van der Waals surface area contributed by atoms with Gasteiger partial charge >= 0.3 is 5.97 Å². The third-order valence-electron chi connectivity index (χ3n) is 2.46. The predicted molar refractivity (Wildman–Crippen MR) is 64.3 cm³/mol. The van der Waals surface area contributed by atoms with Gasteiger partial charge in [-0.15, -0.1) is 11.6 Å². The van der Waals surface area contributed by atoms with Crippen molar-refractivity contribution >= 4 is 17.6 Å². The van der Waals surface area contributed by atoms with Crippen molar-refractivity contribution in [2.24, 2.45) is 0 Å². The zero-order valence-electron chi connectivity index (χ0n) is 9.93. The van der Waals surface area contributed by atoms with Crippen molar-refractivity contribution in [3.05, 3.63) is 0 Å². The molecule has 0 aliphatic rings. The van der Waals surface area contributed by atoms with Gasteiger partial charge in [-0.25, -0.2) is 0 Å². The predicted octanol–water partition coefficient (Wildman–Crippen LogP) is 3.91. The van der Waals surface area contributed by atoms with Crippen molar-refractivity contribution in [1.29, 1.82) is 0 Å². The summed E-state index contributed by atoms with van der Waals surface area (Å²) in [4.78, 5) is 10.8. The maximum Gasteiger partial charge on any atom is 0.305 e. The molecule has 0 aliphatic heterocycles. The van der Waals surface area contributed by atoms with Crippen LogP contribution in [0.1, 0.15) is 58.3 Å². The number of hydrogen-bond donors (Lipinski definition) is 0. The average molecular weight is 235 g/mol. The minimum absolute atomic E-state index is 0.0917. The molecule has 15 heavy (non-hydrogen) atoms. The Bertz CT molecular complexity index is 158. The lowest BCUT2D eigenvalue weighted by atomic mass is 10.1. The molecule has 0 fully saturated rings. The van der Waals surface area contributed by atoms with Crippen molar-refractivity contribution in [1.82, 2.24) is 0 Å². The van der Waals surface area contributed by atoms with Gasteiger partial charge in [0.15, 0.2) is 0 Å². The minimum atomic E-state index is -0.0917. The third kappa shape index (κ3) is 11.7. The molecule has 0 heterocycles. The standard InChI is InChI=1S/C12H23ClO2/c1-11(13)9-7-5-3-4-6-8-10-12(14)15-2/h11H,3-10H2,1-2H3. The summed E-state index contributed by atoms with van der Waals surface area (Å²) in [6.45, 7) is 2.04. The molecular formula is C12H23ClO2. The van der Waals surface area contributed by atoms with Crippen LogP contribution in [-0.4, -0.2) is 18.5 Å². The van der Waals surface area contributed by atoms with Crippen LogP contribution in [0.2, 0.25) is 0 Å². The molecular weight excluding hydrogens is 212 g/mol. The number of ether oxygens (including phenoxy) is 1. The van der Waals surface area contributed by atoms with Gasteiger partial charge in [-0.3, -0.25) is 4.79 Å². The molecule has 0 aromatic carbocycles. The second kappa shape index (κ2) is 10.3. The van der Waals surface area contributed by atoms with Crippen LogP contribution in [0, 0.1) is 0 Å². The molecule has 0 spiro atoms. The van der Waals surface area contributed by atoms with Gasteiger partial charge in [-0.05, 0) is 19.8 Å². The topological polar surface area (TPSA) is 26.3 Å². The largest absolute Gasteiger partial charge is 0.469 e. The first-order valence-corrected chi connectivity index (χ1v) is 6.31. The molecule has 2 nitrogen and oxygen atoms in total. The molecule has 0 saturated carbocycles. The summed E-state index contributed by atoms with van der Waals surface area (Å²) >= 11 is 5.84. The fourth-order valence-electron chi connectivity index (χ4n) is 1.50. The number of unbranched alkanes of at least 4 members (excludes halogenated alkanes) is 5. The number of alkyl halides is 1. The molecule has 90 valence electrons. The molecule has 0 bridgehead atoms. The van der Waals surface area contributed by atoms with E-state index >= 15 is 0 Å². The summed E-state index contributed by atoms with van der Waals surface area (Å²) in [6.07, 6.45) is 8.72. The summed E-state index contributed by atoms with van der Waals surface area (Å²) in [7, 11) is 1.44. The summed E-state index contributed by atoms with van der Waals surface area (Å²) in [5.41, 5.74) is 0. The van der Waals surface area contributed by atoms with Gasteiger partial charge in [-0.2, -0.15) is 0 Å². The maximum atomic E-state index is 10.8. The number of esters is 1. The van der Waals surface area contributed by atoms with E-state index in [-0.39, 0.29) is 5.97 Å². The second-order valence-corrected chi connectivity index (χ2v) is 4.76. The van der Waals surface area contributed by atoms with E-state index in [9.17, 15) is 4.79 Å². The Labute approximate surface area is 98.3 Å². The summed E-state index contributed by atoms with van der Waals surface area (Å²) in [5, 5.41) is 0.310. The summed E-state index contributed by atoms with van der Waals surface area (Å²) in [5.74, 6) is -0.0917.